The predicted octanol–water partition coefficient (Wildman–Crippen LogP) is 1.75. The van der Waals surface area contributed by atoms with Gasteiger partial charge < -0.3 is 15.6 Å². The highest BCUT2D eigenvalue weighted by atomic mass is 16.1. The van der Waals surface area contributed by atoms with Gasteiger partial charge in [-0.25, -0.2) is 4.79 Å². The summed E-state index contributed by atoms with van der Waals surface area (Å²) >= 11 is 0. The first-order valence-electron chi connectivity index (χ1n) is 7.84. The zero-order valence-corrected chi connectivity index (χ0v) is 12.0. The summed E-state index contributed by atoms with van der Waals surface area (Å²) in [5, 5.41) is 0. The molecule has 1 aliphatic heterocycles. The first kappa shape index (κ1) is 13.6. The van der Waals surface area contributed by atoms with Crippen molar-refractivity contribution in [1.29, 1.82) is 0 Å². The minimum absolute atomic E-state index is 0.219. The van der Waals surface area contributed by atoms with Crippen molar-refractivity contribution in [3.05, 3.63) is 22.4 Å². The van der Waals surface area contributed by atoms with Crippen LogP contribution in [0.1, 0.15) is 56.6 Å². The fourth-order valence-corrected chi connectivity index (χ4v) is 3.50. The topological polar surface area (TPSA) is 75.0 Å². The van der Waals surface area contributed by atoms with Gasteiger partial charge in [0.05, 0.1) is 11.9 Å². The number of piperidine rings is 1. The molecule has 0 amide bonds. The van der Waals surface area contributed by atoms with Gasteiger partial charge in [-0.3, -0.25) is 0 Å². The van der Waals surface area contributed by atoms with E-state index in [2.05, 4.69) is 14.9 Å². The number of aromatic amines is 1. The molecule has 2 fully saturated rings. The largest absolute Gasteiger partial charge is 0.369 e. The monoisotopic (exact) mass is 276 g/mol. The first-order valence-corrected chi connectivity index (χ1v) is 7.84. The van der Waals surface area contributed by atoms with Gasteiger partial charge in [0.15, 0.2) is 0 Å². The van der Waals surface area contributed by atoms with Gasteiger partial charge in [-0.1, -0.05) is 19.3 Å². The number of nitrogens with zero attached hydrogens (tertiary/aromatic N) is 2. The molecule has 2 aliphatic rings. The lowest BCUT2D eigenvalue weighted by atomic mass is 9.86. The van der Waals surface area contributed by atoms with Gasteiger partial charge in [-0.05, 0) is 25.7 Å². The van der Waals surface area contributed by atoms with Crippen LogP contribution in [0.4, 0.5) is 5.69 Å². The Morgan fingerprint density at radius 2 is 1.85 bits per heavy atom. The van der Waals surface area contributed by atoms with E-state index in [9.17, 15) is 4.79 Å². The molecule has 0 unspecified atom stereocenters. The van der Waals surface area contributed by atoms with E-state index in [0.29, 0.717) is 12.0 Å². The summed E-state index contributed by atoms with van der Waals surface area (Å²) in [5.74, 6) is 0.491. The van der Waals surface area contributed by atoms with Gasteiger partial charge in [0.1, 0.15) is 0 Å². The molecule has 0 atom stereocenters. The van der Waals surface area contributed by atoms with Crippen molar-refractivity contribution in [2.24, 2.45) is 5.73 Å². The molecule has 1 aromatic rings. The van der Waals surface area contributed by atoms with Crippen molar-refractivity contribution in [3.63, 3.8) is 0 Å². The zero-order valence-electron chi connectivity index (χ0n) is 12.0. The van der Waals surface area contributed by atoms with Gasteiger partial charge in [-0.15, -0.1) is 0 Å². The van der Waals surface area contributed by atoms with Gasteiger partial charge in [-0.2, -0.15) is 4.98 Å². The molecule has 20 heavy (non-hydrogen) atoms. The molecule has 5 nitrogen and oxygen atoms in total. The predicted molar refractivity (Wildman–Crippen MR) is 80.1 cm³/mol. The average molecular weight is 276 g/mol. The highest BCUT2D eigenvalue weighted by molar-refractivity contribution is 5.50. The van der Waals surface area contributed by atoms with Crippen LogP contribution in [0.2, 0.25) is 0 Å². The maximum atomic E-state index is 11.6. The van der Waals surface area contributed by atoms with E-state index in [4.69, 9.17) is 5.73 Å². The number of anilines is 1. The molecule has 1 aromatic heterocycles. The SMILES string of the molecule is NC1CCN(c2cnc(=O)[nH]c2C2CCCCC2)CC1. The molecule has 0 spiro atoms. The summed E-state index contributed by atoms with van der Waals surface area (Å²) in [6.45, 7) is 1.93. The molecule has 1 aliphatic carbocycles. The fourth-order valence-electron chi connectivity index (χ4n) is 3.50. The van der Waals surface area contributed by atoms with Crippen LogP contribution < -0.4 is 16.3 Å². The van der Waals surface area contributed by atoms with Gasteiger partial charge in [0.2, 0.25) is 0 Å². The third kappa shape index (κ3) is 2.87. The molecular formula is C15H24N4O. The van der Waals surface area contributed by atoms with Crippen molar-refractivity contribution in [3.8, 4) is 0 Å². The smallest absolute Gasteiger partial charge is 0.345 e. The van der Waals surface area contributed by atoms with E-state index < -0.39 is 0 Å². The second-order valence-electron chi connectivity index (χ2n) is 6.15. The molecule has 0 radical (unpaired) electrons. The highest BCUT2D eigenvalue weighted by Crippen LogP contribution is 2.36. The fraction of sp³-hybridized carbons (Fsp3) is 0.733. The molecule has 3 rings (SSSR count). The Labute approximate surface area is 119 Å². The number of rotatable bonds is 2. The van der Waals surface area contributed by atoms with Gasteiger partial charge in [0, 0.05) is 30.7 Å². The molecule has 110 valence electrons. The third-order valence-corrected chi connectivity index (χ3v) is 4.72. The van der Waals surface area contributed by atoms with Gasteiger partial charge >= 0.3 is 5.69 Å². The molecular weight excluding hydrogens is 252 g/mol. The van der Waals surface area contributed by atoms with Crippen LogP contribution in [0.3, 0.4) is 0 Å². The second kappa shape index (κ2) is 5.95. The Balaban J connectivity index is 1.87. The van der Waals surface area contributed by atoms with E-state index in [-0.39, 0.29) is 5.69 Å². The third-order valence-electron chi connectivity index (χ3n) is 4.72. The van der Waals surface area contributed by atoms with Crippen LogP contribution in [-0.2, 0) is 0 Å². The van der Waals surface area contributed by atoms with E-state index >= 15 is 0 Å². The Hall–Kier alpha value is -1.36. The number of nitrogens with two attached hydrogens (primary N) is 1. The number of H-pyrrole nitrogens is 1. The molecule has 1 saturated heterocycles. The summed E-state index contributed by atoms with van der Waals surface area (Å²) in [6, 6.07) is 0.320. The zero-order chi connectivity index (χ0) is 13.9. The average Bonchev–Trinajstić information content (AvgIpc) is 2.49. The normalized spacial score (nSPS) is 22.1. The number of hydrogen-bond donors (Lipinski definition) is 2. The lowest BCUT2D eigenvalue weighted by Crippen LogP contribution is -2.40. The Kier molecular flexibility index (Phi) is 4.05. The summed E-state index contributed by atoms with van der Waals surface area (Å²) in [4.78, 5) is 20.9. The Morgan fingerprint density at radius 3 is 2.55 bits per heavy atom. The minimum Gasteiger partial charge on any atom is -0.369 e. The number of nitrogens with one attached hydrogen (secondary N) is 1. The lowest BCUT2D eigenvalue weighted by molar-refractivity contribution is 0.432. The van der Waals surface area contributed by atoms with Crippen LogP contribution in [0.25, 0.3) is 0 Å². The maximum absolute atomic E-state index is 11.6. The van der Waals surface area contributed by atoms with E-state index in [1.807, 2.05) is 0 Å². The number of aromatic nitrogens is 2. The number of hydrogen-bond acceptors (Lipinski definition) is 4. The van der Waals surface area contributed by atoms with Crippen molar-refractivity contribution in [1.82, 2.24) is 9.97 Å². The second-order valence-corrected chi connectivity index (χ2v) is 6.15. The van der Waals surface area contributed by atoms with E-state index in [1.165, 1.54) is 32.1 Å². The van der Waals surface area contributed by atoms with E-state index in [0.717, 1.165) is 37.3 Å². The lowest BCUT2D eigenvalue weighted by Gasteiger charge is -2.34. The van der Waals surface area contributed by atoms with Crippen LogP contribution in [0, 0.1) is 0 Å². The molecule has 0 aromatic carbocycles. The van der Waals surface area contributed by atoms with Crippen LogP contribution in [-0.4, -0.2) is 29.1 Å². The molecule has 0 bridgehead atoms. The van der Waals surface area contributed by atoms with Crippen LogP contribution in [0.5, 0.6) is 0 Å². The molecule has 3 N–H and O–H groups in total. The van der Waals surface area contributed by atoms with E-state index in [1.54, 1.807) is 6.20 Å². The maximum Gasteiger partial charge on any atom is 0.345 e. The summed E-state index contributed by atoms with van der Waals surface area (Å²) < 4.78 is 0. The summed E-state index contributed by atoms with van der Waals surface area (Å²) in [5.41, 5.74) is 8.00. The summed E-state index contributed by atoms with van der Waals surface area (Å²) in [6.07, 6.45) is 10.0. The highest BCUT2D eigenvalue weighted by Gasteiger charge is 2.24. The molecule has 2 heterocycles. The van der Waals surface area contributed by atoms with Crippen molar-refractivity contribution in [2.45, 2.75) is 56.9 Å². The van der Waals surface area contributed by atoms with Gasteiger partial charge in [0.25, 0.3) is 0 Å². The Bertz CT molecular complexity index is 499. The molecule has 1 saturated carbocycles. The standard InChI is InChI=1S/C15H24N4O/c16-12-6-8-19(9-7-12)13-10-17-15(20)18-14(13)11-4-2-1-3-5-11/h10-12H,1-9,16H2,(H,17,18,20). The van der Waals surface area contributed by atoms with Crippen molar-refractivity contribution in [2.75, 3.05) is 18.0 Å². The van der Waals surface area contributed by atoms with Crippen molar-refractivity contribution < 1.29 is 0 Å². The van der Waals surface area contributed by atoms with Crippen LogP contribution in [0.15, 0.2) is 11.0 Å². The quantitative estimate of drug-likeness (QED) is 0.863. The first-order chi connectivity index (χ1) is 9.74. The van der Waals surface area contributed by atoms with Crippen molar-refractivity contribution >= 4 is 5.69 Å². The minimum atomic E-state index is -0.219. The Morgan fingerprint density at radius 1 is 1.15 bits per heavy atom. The summed E-state index contributed by atoms with van der Waals surface area (Å²) in [7, 11) is 0. The molecule has 5 heteroatoms. The van der Waals surface area contributed by atoms with Crippen LogP contribution >= 0.6 is 0 Å².